The van der Waals surface area contributed by atoms with E-state index in [1.54, 1.807) is 74.2 Å². The molecule has 1 aliphatic rings. The Bertz CT molecular complexity index is 1650. The fourth-order valence-electron chi connectivity index (χ4n) is 4.59. The quantitative estimate of drug-likeness (QED) is 0.270. The average molecular weight is 643 g/mol. The Kier molecular flexibility index (Phi) is 10.6. The molecule has 0 radical (unpaired) electrons. The lowest BCUT2D eigenvalue weighted by Gasteiger charge is -2.29. The van der Waals surface area contributed by atoms with Gasteiger partial charge >= 0.3 is 12.2 Å². The first kappa shape index (κ1) is 34.6. The molecule has 0 aliphatic carbocycles. The van der Waals surface area contributed by atoms with Gasteiger partial charge in [0.2, 0.25) is 0 Å². The van der Waals surface area contributed by atoms with E-state index in [0.717, 1.165) is 11.1 Å². The second kappa shape index (κ2) is 14.4. The van der Waals surface area contributed by atoms with E-state index in [9.17, 15) is 19.2 Å². The largest absolute Gasteiger partial charge is 0.444 e. The van der Waals surface area contributed by atoms with Crippen LogP contribution in [0, 0.1) is 6.92 Å². The second-order valence-electron chi connectivity index (χ2n) is 13.1. The van der Waals surface area contributed by atoms with Crippen LogP contribution in [-0.2, 0) is 16.0 Å². The van der Waals surface area contributed by atoms with E-state index >= 15 is 0 Å². The summed E-state index contributed by atoms with van der Waals surface area (Å²) in [5.74, 6) is -0.423. The summed E-state index contributed by atoms with van der Waals surface area (Å²) in [5.41, 5.74) is 3.37. The minimum atomic E-state index is -0.578. The molecule has 4 rings (SSSR count). The van der Waals surface area contributed by atoms with Crippen LogP contribution in [0.1, 0.15) is 85.6 Å². The van der Waals surface area contributed by atoms with Crippen molar-refractivity contribution in [3.63, 3.8) is 0 Å². The molecule has 1 aliphatic heterocycles. The molecule has 248 valence electrons. The number of aryl methyl sites for hydroxylation is 1. The third-order valence-electron chi connectivity index (χ3n) is 6.81. The number of hydrogen-bond donors (Lipinski definition) is 3. The van der Waals surface area contributed by atoms with Crippen LogP contribution in [0.2, 0.25) is 0 Å². The molecule has 0 saturated carbocycles. The first-order valence-electron chi connectivity index (χ1n) is 15.4. The summed E-state index contributed by atoms with van der Waals surface area (Å²) in [5, 5.41) is 8.28. The maximum Gasteiger partial charge on any atom is 0.410 e. The molecule has 0 spiro atoms. The van der Waals surface area contributed by atoms with E-state index < -0.39 is 17.3 Å². The van der Waals surface area contributed by atoms with Crippen LogP contribution in [0.3, 0.4) is 0 Å². The van der Waals surface area contributed by atoms with Crippen molar-refractivity contribution < 1.29 is 28.7 Å². The Balaban J connectivity index is 1.28. The molecule has 2 aromatic carbocycles. The summed E-state index contributed by atoms with van der Waals surface area (Å²) in [6.45, 7) is 13.9. The zero-order valence-electron chi connectivity index (χ0n) is 27.9. The Morgan fingerprint density at radius 2 is 1.43 bits per heavy atom. The molecule has 47 heavy (non-hydrogen) atoms. The number of amides is 4. The predicted molar refractivity (Wildman–Crippen MR) is 179 cm³/mol. The van der Waals surface area contributed by atoms with Gasteiger partial charge < -0.3 is 30.3 Å². The fraction of sp³-hybridized carbons (Fsp3) is 0.371. The summed E-state index contributed by atoms with van der Waals surface area (Å²) in [6.07, 6.45) is 3.21. The van der Waals surface area contributed by atoms with Gasteiger partial charge in [0.1, 0.15) is 11.2 Å². The number of benzene rings is 2. The van der Waals surface area contributed by atoms with Crippen molar-refractivity contribution in [2.24, 2.45) is 0 Å². The number of rotatable bonds is 7. The number of alkyl carbamates (subject to hydrolysis) is 1. The van der Waals surface area contributed by atoms with Crippen molar-refractivity contribution in [2.75, 3.05) is 23.7 Å². The standard InChI is InChI=1S/C35H42N6O6/c1-22-29(24-16-18-41(19-17-24)33(45)47-35(5,6)7)36-21-28(38-22)40-31(43)26-12-10-25(11-13-26)30(42)39-27-14-8-23(9-15-27)20-37-32(44)46-34(2,3)4/h8-16,21H,17-20H2,1-7H3,(H,37,44)(H,39,42)(H,38,40,43). The van der Waals surface area contributed by atoms with Crippen molar-refractivity contribution in [2.45, 2.75) is 72.6 Å². The van der Waals surface area contributed by atoms with Crippen LogP contribution < -0.4 is 16.0 Å². The van der Waals surface area contributed by atoms with Gasteiger partial charge in [-0.15, -0.1) is 0 Å². The van der Waals surface area contributed by atoms with Gasteiger partial charge in [-0.25, -0.2) is 14.6 Å². The zero-order chi connectivity index (χ0) is 34.4. The first-order valence-corrected chi connectivity index (χ1v) is 15.4. The van der Waals surface area contributed by atoms with E-state index in [1.165, 1.54) is 6.20 Å². The number of nitrogens with zero attached hydrogens (tertiary/aromatic N) is 3. The Labute approximate surface area is 275 Å². The number of anilines is 2. The lowest BCUT2D eigenvalue weighted by Crippen LogP contribution is -2.39. The third kappa shape index (κ3) is 10.4. The normalized spacial score (nSPS) is 13.3. The zero-order valence-corrected chi connectivity index (χ0v) is 27.9. The van der Waals surface area contributed by atoms with E-state index in [2.05, 4.69) is 25.9 Å². The highest BCUT2D eigenvalue weighted by molar-refractivity contribution is 6.07. The van der Waals surface area contributed by atoms with Gasteiger partial charge in [-0.1, -0.05) is 18.2 Å². The van der Waals surface area contributed by atoms with Crippen LogP contribution in [0.25, 0.3) is 5.57 Å². The molecule has 3 N–H and O–H groups in total. The monoisotopic (exact) mass is 642 g/mol. The Hall–Kier alpha value is -5.26. The molecule has 12 nitrogen and oxygen atoms in total. The van der Waals surface area contributed by atoms with Crippen LogP contribution in [0.15, 0.2) is 60.8 Å². The smallest absolute Gasteiger partial charge is 0.410 e. The molecule has 0 unspecified atom stereocenters. The average Bonchev–Trinajstić information content (AvgIpc) is 2.99. The minimum absolute atomic E-state index is 0.288. The first-order chi connectivity index (χ1) is 22.1. The molecular weight excluding hydrogens is 600 g/mol. The highest BCUT2D eigenvalue weighted by Crippen LogP contribution is 2.25. The van der Waals surface area contributed by atoms with Crippen molar-refractivity contribution in [3.8, 4) is 0 Å². The van der Waals surface area contributed by atoms with Crippen molar-refractivity contribution in [3.05, 3.63) is 88.9 Å². The van der Waals surface area contributed by atoms with Gasteiger partial charge in [0.15, 0.2) is 5.82 Å². The summed E-state index contributed by atoms with van der Waals surface area (Å²) in [7, 11) is 0. The molecule has 4 amide bonds. The minimum Gasteiger partial charge on any atom is -0.444 e. The van der Waals surface area contributed by atoms with Gasteiger partial charge in [0.25, 0.3) is 11.8 Å². The van der Waals surface area contributed by atoms with Gasteiger partial charge in [-0.2, -0.15) is 0 Å². The lowest BCUT2D eigenvalue weighted by molar-refractivity contribution is 0.0270. The lowest BCUT2D eigenvalue weighted by atomic mass is 10.0. The Morgan fingerprint density at radius 3 is 1.96 bits per heavy atom. The molecule has 0 saturated heterocycles. The van der Waals surface area contributed by atoms with Crippen molar-refractivity contribution in [1.82, 2.24) is 20.2 Å². The molecular formula is C35H42N6O6. The third-order valence-corrected chi connectivity index (χ3v) is 6.81. The molecule has 3 aromatic rings. The number of carbonyl (C=O) groups excluding carboxylic acids is 4. The van der Waals surface area contributed by atoms with E-state index in [-0.39, 0.29) is 24.5 Å². The molecule has 1 aromatic heterocycles. The topological polar surface area (TPSA) is 152 Å². The van der Waals surface area contributed by atoms with Gasteiger partial charge in [0.05, 0.1) is 17.6 Å². The molecule has 0 atom stereocenters. The number of hydrogen-bond acceptors (Lipinski definition) is 8. The molecule has 2 heterocycles. The van der Waals surface area contributed by atoms with E-state index in [4.69, 9.17) is 9.47 Å². The summed E-state index contributed by atoms with van der Waals surface area (Å²) >= 11 is 0. The summed E-state index contributed by atoms with van der Waals surface area (Å²) in [6, 6.07) is 13.3. The van der Waals surface area contributed by atoms with Gasteiger partial charge in [-0.05, 0) is 102 Å². The van der Waals surface area contributed by atoms with Crippen LogP contribution in [0.5, 0.6) is 0 Å². The maximum atomic E-state index is 12.9. The number of ether oxygens (including phenoxy) is 2. The number of nitrogens with one attached hydrogen (secondary N) is 3. The molecule has 12 heteroatoms. The predicted octanol–water partition coefficient (Wildman–Crippen LogP) is 6.34. The highest BCUT2D eigenvalue weighted by atomic mass is 16.6. The second-order valence-corrected chi connectivity index (χ2v) is 13.1. The van der Waals surface area contributed by atoms with Crippen molar-refractivity contribution in [1.29, 1.82) is 0 Å². The van der Waals surface area contributed by atoms with Crippen LogP contribution in [0.4, 0.5) is 21.1 Å². The SMILES string of the molecule is Cc1nc(NC(=O)c2ccc(C(=O)Nc3ccc(CNC(=O)OC(C)(C)C)cc3)cc2)cnc1C1=CCN(C(=O)OC(C)(C)C)CC1. The van der Waals surface area contributed by atoms with E-state index in [1.807, 2.05) is 33.8 Å². The maximum absolute atomic E-state index is 12.9. The van der Waals surface area contributed by atoms with Crippen LogP contribution >= 0.6 is 0 Å². The fourth-order valence-corrected chi connectivity index (χ4v) is 4.59. The summed E-state index contributed by atoms with van der Waals surface area (Å²) in [4.78, 5) is 60.6. The molecule has 0 bridgehead atoms. The highest BCUT2D eigenvalue weighted by Gasteiger charge is 2.25. The molecule has 0 fully saturated rings. The van der Waals surface area contributed by atoms with E-state index in [0.29, 0.717) is 53.5 Å². The van der Waals surface area contributed by atoms with Crippen LogP contribution in [-0.4, -0.2) is 63.2 Å². The van der Waals surface area contributed by atoms with Crippen molar-refractivity contribution >= 4 is 41.1 Å². The number of carbonyl (C=O) groups is 4. The Morgan fingerprint density at radius 1 is 0.830 bits per heavy atom. The number of aromatic nitrogens is 2. The summed E-state index contributed by atoms with van der Waals surface area (Å²) < 4.78 is 10.7. The van der Waals surface area contributed by atoms with Gasteiger partial charge in [-0.3, -0.25) is 14.6 Å². The van der Waals surface area contributed by atoms with Gasteiger partial charge in [0, 0.05) is 36.4 Å².